The third-order valence-electron chi connectivity index (χ3n) is 7.14. The van der Waals surface area contributed by atoms with Crippen LogP contribution in [0.4, 0.5) is 0 Å². The Morgan fingerprint density at radius 2 is 2.17 bits per heavy atom. The van der Waals surface area contributed by atoms with Crippen LogP contribution >= 0.6 is 0 Å². The summed E-state index contributed by atoms with van der Waals surface area (Å²) in [5, 5.41) is 10.1. The molecule has 1 aromatic rings. The van der Waals surface area contributed by atoms with Gasteiger partial charge < -0.3 is 5.11 Å². The molecule has 1 aromatic carbocycles. The van der Waals surface area contributed by atoms with Crippen molar-refractivity contribution in [1.82, 2.24) is 4.90 Å². The Kier molecular flexibility index (Phi) is 3.91. The van der Waals surface area contributed by atoms with E-state index in [4.69, 9.17) is 0 Å². The summed E-state index contributed by atoms with van der Waals surface area (Å²) in [4.78, 5) is 2.84. The summed E-state index contributed by atoms with van der Waals surface area (Å²) < 4.78 is 0. The number of phenolic OH excluding ortho intramolecular Hbond substituents is 1. The van der Waals surface area contributed by atoms with E-state index in [0.717, 1.165) is 12.0 Å². The number of aromatic hydroxyl groups is 1. The highest BCUT2D eigenvalue weighted by atomic mass is 16.3. The van der Waals surface area contributed by atoms with Crippen LogP contribution in [0.3, 0.4) is 0 Å². The van der Waals surface area contributed by atoms with E-state index in [-0.39, 0.29) is 0 Å². The summed E-state index contributed by atoms with van der Waals surface area (Å²) in [7, 11) is 0. The summed E-state index contributed by atoms with van der Waals surface area (Å²) >= 11 is 0. The van der Waals surface area contributed by atoms with Gasteiger partial charge in [-0.15, -0.1) is 0 Å². The zero-order chi connectivity index (χ0) is 16.0. The summed E-state index contributed by atoms with van der Waals surface area (Å²) in [6, 6.07) is 7.65. The van der Waals surface area contributed by atoms with Gasteiger partial charge in [0.1, 0.15) is 5.75 Å². The van der Waals surface area contributed by atoms with Crippen LogP contribution in [0, 0.1) is 5.92 Å². The van der Waals surface area contributed by atoms with Crippen LogP contribution in [-0.4, -0.2) is 28.6 Å². The Bertz CT molecular complexity index is 583. The lowest BCUT2D eigenvalue weighted by Gasteiger charge is -2.60. The lowest BCUT2D eigenvalue weighted by Crippen LogP contribution is -2.62. The van der Waals surface area contributed by atoms with Crippen molar-refractivity contribution < 1.29 is 5.11 Å². The lowest BCUT2D eigenvalue weighted by atomic mass is 9.52. The molecule has 0 radical (unpaired) electrons. The molecule has 4 atom stereocenters. The van der Waals surface area contributed by atoms with Gasteiger partial charge in [0.25, 0.3) is 0 Å². The highest BCUT2D eigenvalue weighted by Crippen LogP contribution is 2.56. The third-order valence-corrected chi connectivity index (χ3v) is 7.14. The van der Waals surface area contributed by atoms with Gasteiger partial charge in [0.15, 0.2) is 0 Å². The van der Waals surface area contributed by atoms with Gasteiger partial charge in [0, 0.05) is 17.5 Å². The number of likely N-dealkylation sites (tertiary alicyclic amines) is 1. The van der Waals surface area contributed by atoms with Gasteiger partial charge in [-0.05, 0) is 74.8 Å². The largest absolute Gasteiger partial charge is 0.508 e. The number of benzene rings is 1. The SMILES string of the molecule is CCCC(C)N1CCC23CCCCC2C1Cc1ccc(O)cc13. The minimum Gasteiger partial charge on any atom is -0.508 e. The molecule has 2 fully saturated rings. The van der Waals surface area contributed by atoms with E-state index in [9.17, 15) is 5.11 Å². The minimum absolute atomic E-state index is 0.359. The van der Waals surface area contributed by atoms with E-state index in [1.807, 2.05) is 6.07 Å². The maximum Gasteiger partial charge on any atom is 0.115 e. The fourth-order valence-corrected chi connectivity index (χ4v) is 6.15. The molecule has 4 unspecified atom stereocenters. The molecule has 1 aliphatic heterocycles. The van der Waals surface area contributed by atoms with Gasteiger partial charge in [-0.3, -0.25) is 4.90 Å². The second kappa shape index (κ2) is 5.81. The van der Waals surface area contributed by atoms with Crippen LogP contribution in [0.2, 0.25) is 0 Å². The molecule has 3 aliphatic rings. The van der Waals surface area contributed by atoms with E-state index >= 15 is 0 Å². The molecule has 126 valence electrons. The molecule has 2 heteroatoms. The Morgan fingerprint density at radius 3 is 3.00 bits per heavy atom. The molecule has 2 nitrogen and oxygen atoms in total. The van der Waals surface area contributed by atoms with E-state index in [1.54, 1.807) is 0 Å². The predicted octanol–water partition coefficient (Wildman–Crippen LogP) is 4.64. The van der Waals surface area contributed by atoms with Crippen molar-refractivity contribution in [2.24, 2.45) is 5.92 Å². The smallest absolute Gasteiger partial charge is 0.115 e. The molecule has 0 aromatic heterocycles. The molecule has 2 bridgehead atoms. The molecular weight excluding hydrogens is 282 g/mol. The minimum atomic E-state index is 0.359. The standard InChI is InChI=1S/C21H31NO/c1-3-6-15(2)22-12-11-21-10-5-4-7-18(21)20(22)13-16-8-9-17(23)14-19(16)21/h8-9,14-15,18,20,23H,3-7,10-13H2,1-2H3. The molecule has 1 saturated carbocycles. The molecule has 1 heterocycles. The third kappa shape index (κ3) is 2.33. The average molecular weight is 313 g/mol. The number of nitrogens with zero attached hydrogens (tertiary/aromatic N) is 1. The predicted molar refractivity (Wildman–Crippen MR) is 94.9 cm³/mol. The Morgan fingerprint density at radius 1 is 1.30 bits per heavy atom. The average Bonchev–Trinajstić information content (AvgIpc) is 2.56. The monoisotopic (exact) mass is 313 g/mol. The van der Waals surface area contributed by atoms with Crippen molar-refractivity contribution in [3.63, 3.8) is 0 Å². The first kappa shape index (κ1) is 15.5. The Labute approximate surface area is 140 Å². The van der Waals surface area contributed by atoms with Crippen molar-refractivity contribution in [1.29, 1.82) is 0 Å². The van der Waals surface area contributed by atoms with Crippen molar-refractivity contribution >= 4 is 0 Å². The van der Waals surface area contributed by atoms with Crippen LogP contribution in [0.5, 0.6) is 5.75 Å². The maximum atomic E-state index is 10.1. The summed E-state index contributed by atoms with van der Waals surface area (Å²) in [5.74, 6) is 1.27. The summed E-state index contributed by atoms with van der Waals surface area (Å²) in [6.45, 7) is 5.99. The number of rotatable bonds is 3. The molecule has 1 saturated heterocycles. The molecule has 2 aliphatic carbocycles. The van der Waals surface area contributed by atoms with E-state index in [2.05, 4.69) is 30.9 Å². The highest BCUT2D eigenvalue weighted by molar-refractivity contribution is 5.45. The van der Waals surface area contributed by atoms with Crippen LogP contribution in [0.25, 0.3) is 0 Å². The molecular formula is C21H31NO. The normalized spacial score (nSPS) is 34.5. The van der Waals surface area contributed by atoms with Crippen LogP contribution in [-0.2, 0) is 11.8 Å². The quantitative estimate of drug-likeness (QED) is 0.879. The van der Waals surface area contributed by atoms with Crippen LogP contribution < -0.4 is 0 Å². The van der Waals surface area contributed by atoms with Gasteiger partial charge in [-0.1, -0.05) is 32.3 Å². The number of hydrogen-bond donors (Lipinski definition) is 1. The van der Waals surface area contributed by atoms with E-state index in [1.165, 1.54) is 69.0 Å². The Hall–Kier alpha value is -1.02. The van der Waals surface area contributed by atoms with Crippen molar-refractivity contribution in [3.05, 3.63) is 29.3 Å². The first-order valence-electron chi connectivity index (χ1n) is 9.74. The van der Waals surface area contributed by atoms with Gasteiger partial charge >= 0.3 is 0 Å². The first-order valence-corrected chi connectivity index (χ1v) is 9.74. The fraction of sp³-hybridized carbons (Fsp3) is 0.714. The van der Waals surface area contributed by atoms with Crippen LogP contribution in [0.15, 0.2) is 18.2 Å². The van der Waals surface area contributed by atoms with Gasteiger partial charge in [0.05, 0.1) is 0 Å². The topological polar surface area (TPSA) is 23.5 Å². The van der Waals surface area contributed by atoms with Crippen LogP contribution in [0.1, 0.15) is 69.9 Å². The van der Waals surface area contributed by atoms with Gasteiger partial charge in [-0.2, -0.15) is 0 Å². The molecule has 0 spiro atoms. The molecule has 4 rings (SSSR count). The van der Waals surface area contributed by atoms with E-state index < -0.39 is 0 Å². The van der Waals surface area contributed by atoms with Gasteiger partial charge in [0.2, 0.25) is 0 Å². The maximum absolute atomic E-state index is 10.1. The zero-order valence-electron chi connectivity index (χ0n) is 14.7. The number of phenols is 1. The number of fused-ring (bicyclic) bond motifs is 1. The number of piperidine rings is 1. The molecule has 0 amide bonds. The molecule has 1 N–H and O–H groups in total. The lowest BCUT2D eigenvalue weighted by molar-refractivity contribution is -0.0317. The number of hydrogen-bond acceptors (Lipinski definition) is 2. The highest BCUT2D eigenvalue weighted by Gasteiger charge is 2.54. The summed E-state index contributed by atoms with van der Waals surface area (Å²) in [5.41, 5.74) is 3.37. The Balaban J connectivity index is 1.76. The molecule has 23 heavy (non-hydrogen) atoms. The van der Waals surface area contributed by atoms with Crippen molar-refractivity contribution in [3.8, 4) is 5.75 Å². The van der Waals surface area contributed by atoms with E-state index in [0.29, 0.717) is 17.2 Å². The van der Waals surface area contributed by atoms with Crippen molar-refractivity contribution in [2.75, 3.05) is 6.54 Å². The second-order valence-corrected chi connectivity index (χ2v) is 8.25. The second-order valence-electron chi connectivity index (χ2n) is 8.25. The fourth-order valence-electron chi connectivity index (χ4n) is 6.15. The van der Waals surface area contributed by atoms with Crippen molar-refractivity contribution in [2.45, 2.75) is 82.7 Å². The zero-order valence-corrected chi connectivity index (χ0v) is 14.7. The first-order chi connectivity index (χ1) is 11.2. The summed E-state index contributed by atoms with van der Waals surface area (Å²) in [6.07, 6.45) is 10.6. The van der Waals surface area contributed by atoms with Gasteiger partial charge in [-0.25, -0.2) is 0 Å².